The number of methoxy groups -OCH3 is 1. The number of nitrogens with one attached hydrogen (secondary N) is 1. The number of ether oxygens (including phenoxy) is 1. The molecular formula is C18H20N4O2S. The summed E-state index contributed by atoms with van der Waals surface area (Å²) in [5.74, 6) is 0.739. The number of hydrogen-bond donors (Lipinski definition) is 1. The zero-order valence-corrected chi connectivity index (χ0v) is 15.3. The van der Waals surface area contributed by atoms with E-state index in [1.165, 1.54) is 11.3 Å². The number of nitrogens with zero attached hydrogens (tertiary/aromatic N) is 3. The summed E-state index contributed by atoms with van der Waals surface area (Å²) in [5, 5.41) is 10.0. The van der Waals surface area contributed by atoms with Gasteiger partial charge in [-0.05, 0) is 44.2 Å². The fourth-order valence-corrected chi connectivity index (χ4v) is 3.23. The van der Waals surface area contributed by atoms with Crippen LogP contribution in [0.4, 0.5) is 0 Å². The van der Waals surface area contributed by atoms with Crippen LogP contribution in [0, 0.1) is 13.8 Å². The van der Waals surface area contributed by atoms with Gasteiger partial charge in [0.2, 0.25) is 5.91 Å². The molecule has 1 N–H and O–H groups in total. The van der Waals surface area contributed by atoms with Gasteiger partial charge in [0.15, 0.2) is 0 Å². The first-order valence-electron chi connectivity index (χ1n) is 7.92. The summed E-state index contributed by atoms with van der Waals surface area (Å²) in [6, 6.07) is 9.71. The summed E-state index contributed by atoms with van der Waals surface area (Å²) in [4.78, 5) is 16.7. The predicted molar refractivity (Wildman–Crippen MR) is 97.6 cm³/mol. The maximum atomic E-state index is 12.1. The lowest BCUT2D eigenvalue weighted by molar-refractivity contribution is -0.122. The molecule has 6 nitrogen and oxygen atoms in total. The van der Waals surface area contributed by atoms with Crippen molar-refractivity contribution in [3.63, 3.8) is 0 Å². The number of carbonyl (C=O) groups is 1. The van der Waals surface area contributed by atoms with Gasteiger partial charge in [-0.3, -0.25) is 9.48 Å². The highest BCUT2D eigenvalue weighted by Crippen LogP contribution is 2.24. The molecule has 7 heteroatoms. The molecule has 2 heterocycles. The molecule has 0 aliphatic rings. The molecule has 0 aliphatic carbocycles. The topological polar surface area (TPSA) is 69.0 Å². The van der Waals surface area contributed by atoms with Crippen LogP contribution in [0.1, 0.15) is 16.4 Å². The second-order valence-electron chi connectivity index (χ2n) is 5.72. The number of carbonyl (C=O) groups excluding carboxylic acids is 1. The van der Waals surface area contributed by atoms with Crippen molar-refractivity contribution in [2.75, 3.05) is 7.11 Å². The van der Waals surface area contributed by atoms with Crippen molar-refractivity contribution in [3.8, 4) is 17.0 Å². The van der Waals surface area contributed by atoms with Gasteiger partial charge in [0.05, 0.1) is 25.0 Å². The molecule has 3 aromatic rings. The monoisotopic (exact) mass is 356 g/mol. The van der Waals surface area contributed by atoms with E-state index in [1.54, 1.807) is 11.8 Å². The van der Waals surface area contributed by atoms with E-state index < -0.39 is 0 Å². The minimum atomic E-state index is -0.0765. The van der Waals surface area contributed by atoms with E-state index >= 15 is 0 Å². The zero-order chi connectivity index (χ0) is 17.8. The molecule has 0 atom stereocenters. The van der Waals surface area contributed by atoms with Crippen LogP contribution in [0.25, 0.3) is 11.3 Å². The quantitative estimate of drug-likeness (QED) is 0.737. The van der Waals surface area contributed by atoms with Crippen molar-refractivity contribution in [2.45, 2.75) is 26.9 Å². The van der Waals surface area contributed by atoms with E-state index in [0.29, 0.717) is 6.54 Å². The fraction of sp³-hybridized carbons (Fsp3) is 0.278. The molecular weight excluding hydrogens is 336 g/mol. The Kier molecular flexibility index (Phi) is 5.14. The van der Waals surface area contributed by atoms with E-state index in [-0.39, 0.29) is 12.5 Å². The van der Waals surface area contributed by atoms with Gasteiger partial charge < -0.3 is 10.1 Å². The van der Waals surface area contributed by atoms with Crippen molar-refractivity contribution < 1.29 is 9.53 Å². The van der Waals surface area contributed by atoms with Gasteiger partial charge in [0, 0.05) is 16.6 Å². The minimum Gasteiger partial charge on any atom is -0.497 e. The minimum absolute atomic E-state index is 0.0765. The average Bonchev–Trinajstić information content (AvgIpc) is 3.20. The Morgan fingerprint density at radius 1 is 1.28 bits per heavy atom. The molecule has 1 aromatic carbocycles. The van der Waals surface area contributed by atoms with Gasteiger partial charge in [-0.25, -0.2) is 4.98 Å². The van der Waals surface area contributed by atoms with Gasteiger partial charge in [0.1, 0.15) is 17.3 Å². The van der Waals surface area contributed by atoms with Crippen LogP contribution >= 0.6 is 11.3 Å². The number of aryl methyl sites for hydroxylation is 2. The molecule has 0 saturated carbocycles. The van der Waals surface area contributed by atoms with Crippen LogP contribution in [-0.2, 0) is 17.9 Å². The number of rotatable bonds is 6. The van der Waals surface area contributed by atoms with Crippen molar-refractivity contribution in [3.05, 3.63) is 52.1 Å². The van der Waals surface area contributed by atoms with Gasteiger partial charge >= 0.3 is 0 Å². The molecule has 0 saturated heterocycles. The number of hydrogen-bond acceptors (Lipinski definition) is 5. The number of thiazole rings is 1. The summed E-state index contributed by atoms with van der Waals surface area (Å²) in [6.07, 6.45) is 0. The van der Waals surface area contributed by atoms with Crippen LogP contribution < -0.4 is 10.1 Å². The van der Waals surface area contributed by atoms with Crippen molar-refractivity contribution in [1.29, 1.82) is 0 Å². The smallest absolute Gasteiger partial charge is 0.242 e. The van der Waals surface area contributed by atoms with E-state index in [0.717, 1.165) is 33.4 Å². The maximum absolute atomic E-state index is 12.1. The zero-order valence-electron chi connectivity index (χ0n) is 14.4. The number of benzene rings is 1. The Morgan fingerprint density at radius 3 is 2.68 bits per heavy atom. The molecule has 0 unspecified atom stereocenters. The van der Waals surface area contributed by atoms with Gasteiger partial charge in [-0.1, -0.05) is 0 Å². The predicted octanol–water partition coefficient (Wildman–Crippen LogP) is 2.95. The number of aromatic nitrogens is 3. The summed E-state index contributed by atoms with van der Waals surface area (Å²) >= 11 is 1.53. The third-order valence-corrected chi connectivity index (χ3v) is 4.62. The lowest BCUT2D eigenvalue weighted by atomic mass is 10.2. The molecule has 0 aliphatic heterocycles. The maximum Gasteiger partial charge on any atom is 0.242 e. The standard InChI is InChI=1S/C18H20N4O2S/c1-12-8-13(2)22(21-12)10-17(23)19-9-18-20-16(11-25-18)14-4-6-15(24-3)7-5-14/h4-8,11H,9-10H2,1-3H3,(H,19,23). The second kappa shape index (κ2) is 7.48. The first-order valence-corrected chi connectivity index (χ1v) is 8.79. The lowest BCUT2D eigenvalue weighted by Crippen LogP contribution is -2.27. The van der Waals surface area contributed by atoms with Gasteiger partial charge in [-0.2, -0.15) is 5.10 Å². The summed E-state index contributed by atoms with van der Waals surface area (Å²) in [7, 11) is 1.64. The second-order valence-corrected chi connectivity index (χ2v) is 6.66. The van der Waals surface area contributed by atoms with Crippen LogP contribution in [-0.4, -0.2) is 27.8 Å². The van der Waals surface area contributed by atoms with Gasteiger partial charge in [-0.15, -0.1) is 11.3 Å². The first-order chi connectivity index (χ1) is 12.0. The van der Waals surface area contributed by atoms with E-state index in [1.807, 2.05) is 49.6 Å². The molecule has 25 heavy (non-hydrogen) atoms. The Hall–Kier alpha value is -2.67. The highest BCUT2D eigenvalue weighted by Gasteiger charge is 2.09. The lowest BCUT2D eigenvalue weighted by Gasteiger charge is -2.05. The fourth-order valence-electron chi connectivity index (χ4n) is 2.49. The summed E-state index contributed by atoms with van der Waals surface area (Å²) in [6.45, 7) is 4.49. The Morgan fingerprint density at radius 2 is 2.04 bits per heavy atom. The van der Waals surface area contributed by atoms with Crippen LogP contribution in [0.15, 0.2) is 35.7 Å². The van der Waals surface area contributed by atoms with E-state index in [2.05, 4.69) is 15.4 Å². The first kappa shape index (κ1) is 17.2. The normalized spacial score (nSPS) is 10.7. The van der Waals surface area contributed by atoms with Crippen LogP contribution in [0.5, 0.6) is 5.75 Å². The molecule has 1 amide bonds. The Labute approximate surface area is 150 Å². The van der Waals surface area contributed by atoms with Gasteiger partial charge in [0.25, 0.3) is 0 Å². The third kappa shape index (κ3) is 4.24. The molecule has 0 bridgehead atoms. The van der Waals surface area contributed by atoms with Crippen molar-refractivity contribution in [2.24, 2.45) is 0 Å². The Balaban J connectivity index is 1.57. The van der Waals surface area contributed by atoms with Crippen molar-refractivity contribution >= 4 is 17.2 Å². The third-order valence-electron chi connectivity index (χ3n) is 3.77. The van der Waals surface area contributed by atoms with Crippen LogP contribution in [0.2, 0.25) is 0 Å². The molecule has 3 rings (SSSR count). The number of amides is 1. The van der Waals surface area contributed by atoms with E-state index in [4.69, 9.17) is 4.74 Å². The molecule has 2 aromatic heterocycles. The summed E-state index contributed by atoms with van der Waals surface area (Å²) < 4.78 is 6.87. The highest BCUT2D eigenvalue weighted by atomic mass is 32.1. The highest BCUT2D eigenvalue weighted by molar-refractivity contribution is 7.09. The van der Waals surface area contributed by atoms with Crippen molar-refractivity contribution in [1.82, 2.24) is 20.1 Å². The molecule has 130 valence electrons. The average molecular weight is 356 g/mol. The summed E-state index contributed by atoms with van der Waals surface area (Å²) in [5.41, 5.74) is 3.81. The van der Waals surface area contributed by atoms with E-state index in [9.17, 15) is 4.79 Å². The molecule has 0 radical (unpaired) electrons. The molecule has 0 spiro atoms. The SMILES string of the molecule is COc1ccc(-c2csc(CNC(=O)Cn3nc(C)cc3C)n2)cc1. The van der Waals surface area contributed by atoms with Crippen LogP contribution in [0.3, 0.4) is 0 Å². The Bertz CT molecular complexity index is 868. The molecule has 0 fully saturated rings. The largest absolute Gasteiger partial charge is 0.497 e.